The molecule has 2 aromatic heterocycles. The molecule has 1 atom stereocenters. The number of fused-ring (bicyclic) bond motifs is 1. The Morgan fingerprint density at radius 3 is 2.28 bits per heavy atom. The summed E-state index contributed by atoms with van der Waals surface area (Å²) in [6.07, 6.45) is 0. The Morgan fingerprint density at radius 1 is 0.972 bits per heavy atom. The summed E-state index contributed by atoms with van der Waals surface area (Å²) in [5, 5.41) is 13.9. The SMILES string of the molecule is Cc1ccc(CN(Cc2cc3cc(C)c(C)cc3[nH]c2=O)[C@@H](c2nnnn2C(C)(C)C)C(C)C)cc1. The van der Waals surface area contributed by atoms with Crippen LogP contribution in [-0.2, 0) is 18.6 Å². The molecule has 2 heterocycles. The third-order valence-corrected chi connectivity index (χ3v) is 6.83. The Kier molecular flexibility index (Phi) is 7.14. The highest BCUT2D eigenvalue weighted by atomic mass is 16.1. The number of nitrogens with one attached hydrogen (secondary N) is 1. The highest BCUT2D eigenvalue weighted by Gasteiger charge is 2.33. The van der Waals surface area contributed by atoms with E-state index in [0.29, 0.717) is 13.1 Å². The van der Waals surface area contributed by atoms with E-state index >= 15 is 0 Å². The number of hydrogen-bond acceptors (Lipinski definition) is 5. The van der Waals surface area contributed by atoms with Crippen molar-refractivity contribution in [1.82, 2.24) is 30.1 Å². The maximum atomic E-state index is 13.2. The van der Waals surface area contributed by atoms with Crippen LogP contribution < -0.4 is 5.56 Å². The predicted octanol–water partition coefficient (Wildman–Crippen LogP) is 5.59. The summed E-state index contributed by atoms with van der Waals surface area (Å²) >= 11 is 0. The number of hydrogen-bond donors (Lipinski definition) is 1. The van der Waals surface area contributed by atoms with Gasteiger partial charge in [0, 0.05) is 24.2 Å². The number of rotatable bonds is 7. The number of aryl methyl sites for hydroxylation is 3. The van der Waals surface area contributed by atoms with Gasteiger partial charge in [-0.1, -0.05) is 43.7 Å². The average Bonchev–Trinajstić information content (AvgIpc) is 3.27. The molecule has 2 aromatic carbocycles. The molecule has 0 unspecified atom stereocenters. The van der Waals surface area contributed by atoms with Crippen molar-refractivity contribution in [2.75, 3.05) is 0 Å². The standard InChI is InChI=1S/C29H38N6O/c1-18(2)26(27-31-32-33-35(27)29(6,7)8)34(16-22-11-9-19(3)10-12-22)17-24-15-23-13-20(4)21(5)14-25(23)30-28(24)36/h9-15,18,26H,16-17H2,1-8H3,(H,30,36)/t26-/m1/s1. The number of aromatic amines is 1. The van der Waals surface area contributed by atoms with Crippen molar-refractivity contribution in [2.24, 2.45) is 5.92 Å². The maximum absolute atomic E-state index is 13.2. The van der Waals surface area contributed by atoms with E-state index in [9.17, 15) is 4.79 Å². The van der Waals surface area contributed by atoms with Gasteiger partial charge in [-0.05, 0) is 98.2 Å². The van der Waals surface area contributed by atoms with Crippen LogP contribution >= 0.6 is 0 Å². The molecule has 0 aliphatic carbocycles. The van der Waals surface area contributed by atoms with Crippen molar-refractivity contribution in [3.63, 3.8) is 0 Å². The lowest BCUT2D eigenvalue weighted by Crippen LogP contribution is -2.37. The van der Waals surface area contributed by atoms with E-state index in [0.717, 1.165) is 22.3 Å². The number of pyridine rings is 1. The molecular formula is C29H38N6O. The molecule has 0 saturated heterocycles. The monoisotopic (exact) mass is 486 g/mol. The second kappa shape index (κ2) is 9.97. The lowest BCUT2D eigenvalue weighted by molar-refractivity contribution is 0.119. The van der Waals surface area contributed by atoms with Crippen LogP contribution in [0.15, 0.2) is 47.3 Å². The van der Waals surface area contributed by atoms with Gasteiger partial charge in [-0.3, -0.25) is 9.69 Å². The summed E-state index contributed by atoms with van der Waals surface area (Å²) < 4.78 is 1.91. The molecule has 0 spiro atoms. The van der Waals surface area contributed by atoms with Crippen LogP contribution in [0.2, 0.25) is 0 Å². The second-order valence-electron chi connectivity index (χ2n) is 11.3. The summed E-state index contributed by atoms with van der Waals surface area (Å²) in [5.74, 6) is 1.03. The Morgan fingerprint density at radius 2 is 1.64 bits per heavy atom. The van der Waals surface area contributed by atoms with Gasteiger partial charge in [0.1, 0.15) is 0 Å². The van der Waals surface area contributed by atoms with Crippen molar-refractivity contribution in [1.29, 1.82) is 0 Å². The van der Waals surface area contributed by atoms with Crippen molar-refractivity contribution in [3.8, 4) is 0 Å². The number of benzene rings is 2. The van der Waals surface area contributed by atoms with Gasteiger partial charge in [0.05, 0.1) is 11.6 Å². The smallest absolute Gasteiger partial charge is 0.252 e. The van der Waals surface area contributed by atoms with Crippen LogP contribution in [0.3, 0.4) is 0 Å². The van der Waals surface area contributed by atoms with Gasteiger partial charge >= 0.3 is 0 Å². The normalized spacial score (nSPS) is 13.2. The van der Waals surface area contributed by atoms with Crippen LogP contribution in [0.25, 0.3) is 10.9 Å². The molecule has 36 heavy (non-hydrogen) atoms. The van der Waals surface area contributed by atoms with Crippen LogP contribution in [0.5, 0.6) is 0 Å². The van der Waals surface area contributed by atoms with Gasteiger partial charge in [-0.25, -0.2) is 4.68 Å². The highest BCUT2D eigenvalue weighted by Crippen LogP contribution is 2.32. The minimum Gasteiger partial charge on any atom is -0.322 e. The minimum atomic E-state index is -0.267. The van der Waals surface area contributed by atoms with E-state index < -0.39 is 0 Å². The summed E-state index contributed by atoms with van der Waals surface area (Å²) in [5.41, 5.74) is 6.06. The van der Waals surface area contributed by atoms with E-state index in [2.05, 4.69) is 111 Å². The Bertz CT molecular complexity index is 1410. The van der Waals surface area contributed by atoms with Crippen LogP contribution in [0.1, 0.15) is 74.3 Å². The Labute approximate surface area is 213 Å². The van der Waals surface area contributed by atoms with Crippen molar-refractivity contribution >= 4 is 10.9 Å². The molecule has 0 saturated carbocycles. The third kappa shape index (κ3) is 5.41. The first kappa shape index (κ1) is 25.8. The molecule has 4 rings (SSSR count). The van der Waals surface area contributed by atoms with E-state index in [1.807, 2.05) is 16.8 Å². The molecule has 4 aromatic rings. The Balaban J connectivity index is 1.82. The summed E-state index contributed by atoms with van der Waals surface area (Å²) in [4.78, 5) is 18.7. The summed E-state index contributed by atoms with van der Waals surface area (Å²) in [6, 6.07) is 14.7. The molecule has 7 nitrogen and oxygen atoms in total. The van der Waals surface area contributed by atoms with Gasteiger partial charge in [-0.15, -0.1) is 5.10 Å². The quantitative estimate of drug-likeness (QED) is 0.368. The Hall–Kier alpha value is -3.32. The van der Waals surface area contributed by atoms with Gasteiger partial charge < -0.3 is 4.98 Å². The zero-order valence-electron chi connectivity index (χ0n) is 22.8. The lowest BCUT2D eigenvalue weighted by atomic mass is 9.98. The number of nitrogens with zero attached hydrogens (tertiary/aromatic N) is 5. The fourth-order valence-corrected chi connectivity index (χ4v) is 4.78. The molecular weight excluding hydrogens is 448 g/mol. The molecule has 7 heteroatoms. The predicted molar refractivity (Wildman–Crippen MR) is 145 cm³/mol. The van der Waals surface area contributed by atoms with E-state index in [4.69, 9.17) is 0 Å². The molecule has 0 aliphatic heterocycles. The van der Waals surface area contributed by atoms with Gasteiger partial charge in [0.25, 0.3) is 5.56 Å². The first-order valence-electron chi connectivity index (χ1n) is 12.7. The minimum absolute atomic E-state index is 0.0578. The zero-order chi connectivity index (χ0) is 26.2. The average molecular weight is 487 g/mol. The highest BCUT2D eigenvalue weighted by molar-refractivity contribution is 5.80. The topological polar surface area (TPSA) is 79.7 Å². The lowest BCUT2D eigenvalue weighted by Gasteiger charge is -2.35. The molecule has 0 bridgehead atoms. The first-order chi connectivity index (χ1) is 16.9. The molecule has 0 aliphatic rings. The van der Waals surface area contributed by atoms with E-state index in [1.165, 1.54) is 22.3 Å². The molecule has 190 valence electrons. The number of H-pyrrole nitrogens is 1. The van der Waals surface area contributed by atoms with Gasteiger partial charge in [0.2, 0.25) is 0 Å². The molecule has 0 fully saturated rings. The first-order valence-corrected chi connectivity index (χ1v) is 12.7. The summed E-state index contributed by atoms with van der Waals surface area (Å²) in [7, 11) is 0. The van der Waals surface area contributed by atoms with Crippen molar-refractivity contribution in [2.45, 2.75) is 80.1 Å². The molecule has 1 N–H and O–H groups in total. The molecule has 0 amide bonds. The maximum Gasteiger partial charge on any atom is 0.252 e. The number of tetrazole rings is 1. The van der Waals surface area contributed by atoms with Crippen LogP contribution in [0.4, 0.5) is 0 Å². The van der Waals surface area contributed by atoms with Crippen LogP contribution in [0, 0.1) is 26.7 Å². The largest absolute Gasteiger partial charge is 0.322 e. The third-order valence-electron chi connectivity index (χ3n) is 6.83. The molecule has 0 radical (unpaired) electrons. The fourth-order valence-electron chi connectivity index (χ4n) is 4.78. The van der Waals surface area contributed by atoms with Gasteiger partial charge in [0.15, 0.2) is 5.82 Å². The zero-order valence-corrected chi connectivity index (χ0v) is 22.8. The van der Waals surface area contributed by atoms with Crippen LogP contribution in [-0.4, -0.2) is 30.1 Å². The fraction of sp³-hybridized carbons (Fsp3) is 0.448. The second-order valence-corrected chi connectivity index (χ2v) is 11.3. The van der Waals surface area contributed by atoms with Gasteiger partial charge in [-0.2, -0.15) is 0 Å². The number of aromatic nitrogens is 5. The summed E-state index contributed by atoms with van der Waals surface area (Å²) in [6.45, 7) is 18.1. The van der Waals surface area contributed by atoms with E-state index in [-0.39, 0.29) is 23.1 Å². The van der Waals surface area contributed by atoms with Crippen molar-refractivity contribution in [3.05, 3.63) is 86.5 Å². The van der Waals surface area contributed by atoms with Crippen molar-refractivity contribution < 1.29 is 0 Å². The van der Waals surface area contributed by atoms with E-state index in [1.54, 1.807) is 0 Å².